The lowest BCUT2D eigenvalue weighted by atomic mass is 10.1. The van der Waals surface area contributed by atoms with Crippen LogP contribution in [0.25, 0.3) is 10.9 Å². The second-order valence-corrected chi connectivity index (χ2v) is 4.12. The maximum atomic E-state index is 11.5. The number of carbonyl (C=O) groups excluding carboxylic acids is 1. The van der Waals surface area contributed by atoms with Gasteiger partial charge in [0.1, 0.15) is 17.9 Å². The summed E-state index contributed by atoms with van der Waals surface area (Å²) in [7, 11) is 0. The molecule has 6 nitrogen and oxygen atoms in total. The van der Waals surface area contributed by atoms with E-state index < -0.39 is 12.0 Å². The second-order valence-electron chi connectivity index (χ2n) is 4.12. The predicted molar refractivity (Wildman–Crippen MR) is 68.2 cm³/mol. The number of aromatic nitrogens is 1. The van der Waals surface area contributed by atoms with Crippen LogP contribution >= 0.6 is 0 Å². The Bertz CT molecular complexity index is 642. The number of H-pyrrole nitrogens is 1. The highest BCUT2D eigenvalue weighted by Crippen LogP contribution is 2.23. The van der Waals surface area contributed by atoms with Crippen molar-refractivity contribution in [1.82, 2.24) is 4.98 Å². The van der Waals surface area contributed by atoms with Crippen molar-refractivity contribution in [3.05, 3.63) is 30.0 Å². The van der Waals surface area contributed by atoms with Crippen molar-refractivity contribution in [3.8, 4) is 11.8 Å². The van der Waals surface area contributed by atoms with Crippen molar-refractivity contribution in [1.29, 1.82) is 5.26 Å². The van der Waals surface area contributed by atoms with Crippen molar-refractivity contribution in [3.63, 3.8) is 0 Å². The summed E-state index contributed by atoms with van der Waals surface area (Å²) in [5.41, 5.74) is 7.38. The number of benzene rings is 1. The van der Waals surface area contributed by atoms with Gasteiger partial charge in [0, 0.05) is 23.5 Å². The largest absolute Gasteiger partial charge is 0.508 e. The van der Waals surface area contributed by atoms with Crippen LogP contribution in [0, 0.1) is 11.3 Å². The van der Waals surface area contributed by atoms with Gasteiger partial charge in [0.2, 0.25) is 0 Å². The zero-order valence-corrected chi connectivity index (χ0v) is 10.1. The van der Waals surface area contributed by atoms with Gasteiger partial charge in [-0.05, 0) is 23.8 Å². The number of hydrogen-bond acceptors (Lipinski definition) is 5. The summed E-state index contributed by atoms with van der Waals surface area (Å²) in [4.78, 5) is 14.5. The van der Waals surface area contributed by atoms with Crippen LogP contribution in [0.15, 0.2) is 24.4 Å². The number of esters is 1. The predicted octanol–water partition coefficient (Wildman–Crippen LogP) is 0.810. The van der Waals surface area contributed by atoms with Crippen LogP contribution in [-0.4, -0.2) is 28.7 Å². The number of nitrogens with two attached hydrogens (primary N) is 1. The van der Waals surface area contributed by atoms with Gasteiger partial charge < -0.3 is 20.6 Å². The van der Waals surface area contributed by atoms with Gasteiger partial charge in [-0.2, -0.15) is 5.26 Å². The molecule has 0 spiro atoms. The molecule has 0 saturated carbocycles. The Morgan fingerprint density at radius 2 is 2.37 bits per heavy atom. The summed E-state index contributed by atoms with van der Waals surface area (Å²) in [6.07, 6.45) is 2.01. The van der Waals surface area contributed by atoms with Crippen LogP contribution < -0.4 is 5.73 Å². The average Bonchev–Trinajstić information content (AvgIpc) is 2.78. The number of aromatic amines is 1. The zero-order chi connectivity index (χ0) is 13.8. The molecule has 0 aliphatic carbocycles. The van der Waals surface area contributed by atoms with Crippen LogP contribution in [0.4, 0.5) is 0 Å². The molecule has 4 N–H and O–H groups in total. The van der Waals surface area contributed by atoms with Crippen molar-refractivity contribution >= 4 is 16.9 Å². The Balaban J connectivity index is 2.15. The first-order valence-corrected chi connectivity index (χ1v) is 5.70. The minimum atomic E-state index is -0.838. The number of ether oxygens (including phenoxy) is 1. The summed E-state index contributed by atoms with van der Waals surface area (Å²) >= 11 is 0. The number of phenols is 1. The molecule has 0 aliphatic heterocycles. The van der Waals surface area contributed by atoms with Gasteiger partial charge in [-0.15, -0.1) is 0 Å². The van der Waals surface area contributed by atoms with Crippen LogP contribution in [0.2, 0.25) is 0 Å². The van der Waals surface area contributed by atoms with Gasteiger partial charge in [-0.25, -0.2) is 0 Å². The minimum absolute atomic E-state index is 0.147. The first-order chi connectivity index (χ1) is 9.11. The Hall–Kier alpha value is -2.52. The molecule has 2 aromatic rings. The summed E-state index contributed by atoms with van der Waals surface area (Å²) in [5, 5.41) is 18.6. The maximum Gasteiger partial charge on any atom is 0.324 e. The second kappa shape index (κ2) is 5.42. The van der Waals surface area contributed by atoms with Crippen molar-refractivity contribution < 1.29 is 14.6 Å². The third kappa shape index (κ3) is 2.84. The van der Waals surface area contributed by atoms with Crippen LogP contribution in [-0.2, 0) is 16.0 Å². The Labute approximate surface area is 109 Å². The van der Waals surface area contributed by atoms with E-state index in [1.54, 1.807) is 30.5 Å². The standard InChI is InChI=1S/C13H13N3O3/c14-3-4-19-13(18)11(15)5-8-7-16-12-2-1-9(17)6-10(8)12/h1-2,6-7,11,16-17H,4-5,15H2. The molecule has 0 fully saturated rings. The van der Waals surface area contributed by atoms with Crippen molar-refractivity contribution in [2.45, 2.75) is 12.5 Å². The number of aromatic hydroxyl groups is 1. The highest BCUT2D eigenvalue weighted by atomic mass is 16.5. The number of nitrogens with zero attached hydrogens (tertiary/aromatic N) is 1. The van der Waals surface area contributed by atoms with E-state index >= 15 is 0 Å². The maximum absolute atomic E-state index is 11.5. The lowest BCUT2D eigenvalue weighted by Crippen LogP contribution is -2.34. The number of carbonyl (C=O) groups is 1. The molecule has 1 aromatic carbocycles. The fourth-order valence-electron chi connectivity index (χ4n) is 1.87. The van der Waals surface area contributed by atoms with Crippen LogP contribution in [0.1, 0.15) is 5.56 Å². The smallest absolute Gasteiger partial charge is 0.324 e. The molecule has 19 heavy (non-hydrogen) atoms. The molecule has 2 rings (SSSR count). The molecule has 1 aromatic heterocycles. The normalized spacial score (nSPS) is 12.0. The van der Waals surface area contributed by atoms with Crippen molar-refractivity contribution in [2.24, 2.45) is 5.73 Å². The third-order valence-electron chi connectivity index (χ3n) is 2.77. The number of hydrogen-bond donors (Lipinski definition) is 3. The monoisotopic (exact) mass is 259 g/mol. The number of nitriles is 1. The van der Waals surface area contributed by atoms with Gasteiger partial charge in [-0.1, -0.05) is 0 Å². The quantitative estimate of drug-likeness (QED) is 0.703. The molecule has 1 unspecified atom stereocenters. The van der Waals surface area contributed by atoms with Gasteiger partial charge in [0.15, 0.2) is 6.61 Å². The molecule has 0 saturated heterocycles. The number of nitrogens with one attached hydrogen (secondary N) is 1. The summed E-state index contributed by atoms with van der Waals surface area (Å²) in [5.74, 6) is -0.468. The molecule has 0 radical (unpaired) electrons. The lowest BCUT2D eigenvalue weighted by Gasteiger charge is -2.09. The number of rotatable bonds is 4. The molecular weight excluding hydrogens is 246 g/mol. The van der Waals surface area contributed by atoms with E-state index in [9.17, 15) is 9.90 Å². The number of phenolic OH excluding ortho intramolecular Hbond substituents is 1. The lowest BCUT2D eigenvalue weighted by molar-refractivity contribution is -0.143. The summed E-state index contributed by atoms with van der Waals surface area (Å²) in [6.45, 7) is -0.304. The molecule has 1 atom stereocenters. The highest BCUT2D eigenvalue weighted by molar-refractivity contribution is 5.85. The fraction of sp³-hybridized carbons (Fsp3) is 0.231. The average molecular weight is 259 g/mol. The Morgan fingerprint density at radius 1 is 1.58 bits per heavy atom. The summed E-state index contributed by atoms with van der Waals surface area (Å²) in [6, 6.07) is 5.80. The van der Waals surface area contributed by atoms with E-state index in [0.717, 1.165) is 16.5 Å². The van der Waals surface area contributed by atoms with Crippen molar-refractivity contribution in [2.75, 3.05) is 6.61 Å². The zero-order valence-electron chi connectivity index (χ0n) is 10.1. The van der Waals surface area contributed by atoms with Gasteiger partial charge >= 0.3 is 5.97 Å². The topological polar surface area (TPSA) is 112 Å². The highest BCUT2D eigenvalue weighted by Gasteiger charge is 2.17. The molecular formula is C13H13N3O3. The fourth-order valence-corrected chi connectivity index (χ4v) is 1.87. The van der Waals surface area contributed by atoms with E-state index in [-0.39, 0.29) is 18.8 Å². The van der Waals surface area contributed by atoms with Gasteiger partial charge in [-0.3, -0.25) is 4.79 Å². The van der Waals surface area contributed by atoms with Crippen LogP contribution in [0.3, 0.4) is 0 Å². The molecule has 6 heteroatoms. The van der Waals surface area contributed by atoms with E-state index in [1.807, 2.05) is 0 Å². The third-order valence-corrected chi connectivity index (χ3v) is 2.77. The van der Waals surface area contributed by atoms with Gasteiger partial charge in [0.25, 0.3) is 0 Å². The number of fused-ring (bicyclic) bond motifs is 1. The Kier molecular flexibility index (Phi) is 3.68. The van der Waals surface area contributed by atoms with Gasteiger partial charge in [0.05, 0.1) is 0 Å². The molecule has 0 amide bonds. The van der Waals surface area contributed by atoms with E-state index in [2.05, 4.69) is 9.72 Å². The molecule has 1 heterocycles. The SMILES string of the molecule is N#CCOC(=O)C(N)Cc1c[nH]c2ccc(O)cc12. The molecule has 0 bridgehead atoms. The minimum Gasteiger partial charge on any atom is -0.508 e. The van der Waals surface area contributed by atoms with E-state index in [0.29, 0.717) is 0 Å². The van der Waals surface area contributed by atoms with Crippen LogP contribution in [0.5, 0.6) is 5.75 Å². The summed E-state index contributed by atoms with van der Waals surface area (Å²) < 4.78 is 4.65. The molecule has 98 valence electrons. The first-order valence-electron chi connectivity index (χ1n) is 5.70. The molecule has 0 aliphatic rings. The van der Waals surface area contributed by atoms with E-state index in [4.69, 9.17) is 11.0 Å². The first kappa shape index (κ1) is 12.9. The Morgan fingerprint density at radius 3 is 3.11 bits per heavy atom. The van der Waals surface area contributed by atoms with E-state index in [1.165, 1.54) is 0 Å².